The van der Waals surface area contributed by atoms with Crippen LogP contribution in [0.2, 0.25) is 0 Å². The Balaban J connectivity index is 1.76. The summed E-state index contributed by atoms with van der Waals surface area (Å²) in [5.74, 6) is 2.11. The van der Waals surface area contributed by atoms with Crippen LogP contribution in [0.3, 0.4) is 0 Å². The minimum absolute atomic E-state index is 0.0000483. The molecular formula is C28H15N5O2. The van der Waals surface area contributed by atoms with Crippen LogP contribution in [0.25, 0.3) is 40.7 Å². The highest BCUT2D eigenvalue weighted by molar-refractivity contribution is 5.70. The maximum absolute atomic E-state index is 9.01. The zero-order valence-electron chi connectivity index (χ0n) is 18.2. The van der Waals surface area contributed by atoms with E-state index in [1.54, 1.807) is 42.5 Å². The summed E-state index contributed by atoms with van der Waals surface area (Å²) in [6.45, 7) is 0. The summed E-state index contributed by atoms with van der Waals surface area (Å²) in [5, 5.41) is 35.7. The SMILES string of the molecule is N#CC(C#N)=C/C=C/c1ccc(-c2ccc(-c3ccc(C=C(C#N)C#N)o3)n2-c2ccccc2)o1. The summed E-state index contributed by atoms with van der Waals surface area (Å²) in [6.07, 6.45) is 6.06. The maximum atomic E-state index is 9.01. The minimum Gasteiger partial charge on any atom is -0.455 e. The molecular weight excluding hydrogens is 438 g/mol. The monoisotopic (exact) mass is 453 g/mol. The largest absolute Gasteiger partial charge is 0.455 e. The van der Waals surface area contributed by atoms with Crippen LogP contribution in [-0.4, -0.2) is 4.57 Å². The molecule has 0 aliphatic rings. The number of benzene rings is 1. The number of nitriles is 4. The third-order valence-corrected chi connectivity index (χ3v) is 4.95. The number of nitrogens with zero attached hydrogens (tertiary/aromatic N) is 5. The van der Waals surface area contributed by atoms with Crippen LogP contribution < -0.4 is 0 Å². The first-order chi connectivity index (χ1) is 17.2. The van der Waals surface area contributed by atoms with Crippen molar-refractivity contribution in [3.63, 3.8) is 0 Å². The van der Waals surface area contributed by atoms with Crippen molar-refractivity contribution in [3.05, 3.63) is 102 Å². The number of allylic oxidation sites excluding steroid dienone is 4. The van der Waals surface area contributed by atoms with Gasteiger partial charge in [-0.25, -0.2) is 0 Å². The number of aromatic nitrogens is 1. The Hall–Kier alpha value is -5.76. The lowest BCUT2D eigenvalue weighted by molar-refractivity contribution is 0.563. The molecule has 0 fully saturated rings. The van der Waals surface area contributed by atoms with E-state index in [2.05, 4.69) is 0 Å². The van der Waals surface area contributed by atoms with E-state index in [4.69, 9.17) is 29.9 Å². The lowest BCUT2D eigenvalue weighted by Crippen LogP contribution is -1.98. The molecule has 0 radical (unpaired) electrons. The molecule has 164 valence electrons. The van der Waals surface area contributed by atoms with Crippen molar-refractivity contribution >= 4 is 12.2 Å². The zero-order valence-corrected chi connectivity index (χ0v) is 18.2. The zero-order chi connectivity index (χ0) is 24.6. The van der Waals surface area contributed by atoms with Gasteiger partial charge in [0.2, 0.25) is 0 Å². The highest BCUT2D eigenvalue weighted by Crippen LogP contribution is 2.34. The predicted octanol–water partition coefficient (Wildman–Crippen LogP) is 6.41. The Morgan fingerprint density at radius 2 is 1.23 bits per heavy atom. The standard InChI is InChI=1S/C28H15N5O2/c29-16-20(17-30)5-4-8-23-9-13-27(34-23)25-11-12-26(33(25)22-6-2-1-3-7-22)28-14-10-24(35-28)15-21(18-31)19-32/h1-15H/b8-4+. The second-order valence-electron chi connectivity index (χ2n) is 7.12. The van der Waals surface area contributed by atoms with Crippen LogP contribution in [0.15, 0.2) is 98.9 Å². The molecule has 0 amide bonds. The Bertz CT molecular complexity index is 1600. The van der Waals surface area contributed by atoms with Gasteiger partial charge in [-0.05, 0) is 60.7 Å². The first-order valence-electron chi connectivity index (χ1n) is 10.3. The van der Waals surface area contributed by atoms with Gasteiger partial charge in [-0.15, -0.1) is 0 Å². The van der Waals surface area contributed by atoms with Crippen molar-refractivity contribution in [1.82, 2.24) is 4.57 Å². The molecule has 4 aromatic rings. The molecule has 0 bridgehead atoms. The summed E-state index contributed by atoms with van der Waals surface area (Å²) in [7, 11) is 0. The fourth-order valence-electron chi connectivity index (χ4n) is 3.40. The first kappa shape index (κ1) is 22.4. The van der Waals surface area contributed by atoms with Crippen molar-refractivity contribution in [2.24, 2.45) is 0 Å². The molecule has 1 aromatic carbocycles. The maximum Gasteiger partial charge on any atom is 0.151 e. The van der Waals surface area contributed by atoms with Crippen LogP contribution >= 0.6 is 0 Å². The fraction of sp³-hybridized carbons (Fsp3) is 0. The van der Waals surface area contributed by atoms with E-state index in [0.717, 1.165) is 17.1 Å². The molecule has 3 aromatic heterocycles. The highest BCUT2D eigenvalue weighted by Gasteiger charge is 2.18. The molecule has 4 rings (SSSR count). The normalized spacial score (nSPS) is 10.1. The van der Waals surface area contributed by atoms with Gasteiger partial charge in [0.15, 0.2) is 11.5 Å². The molecule has 0 unspecified atom stereocenters. The molecule has 0 aliphatic carbocycles. The average molecular weight is 453 g/mol. The second-order valence-corrected chi connectivity index (χ2v) is 7.12. The van der Waals surface area contributed by atoms with Gasteiger partial charge in [-0.2, -0.15) is 21.0 Å². The van der Waals surface area contributed by atoms with Gasteiger partial charge in [-0.3, -0.25) is 0 Å². The minimum atomic E-state index is -0.0484. The molecule has 0 atom stereocenters. The van der Waals surface area contributed by atoms with Gasteiger partial charge in [-0.1, -0.05) is 24.3 Å². The Labute approximate surface area is 201 Å². The van der Waals surface area contributed by atoms with Gasteiger partial charge < -0.3 is 13.4 Å². The van der Waals surface area contributed by atoms with E-state index in [1.807, 2.05) is 65.2 Å². The second kappa shape index (κ2) is 10.2. The molecule has 35 heavy (non-hydrogen) atoms. The lowest BCUT2D eigenvalue weighted by atomic mass is 10.2. The third-order valence-electron chi connectivity index (χ3n) is 4.95. The quantitative estimate of drug-likeness (QED) is 0.245. The number of furan rings is 2. The summed E-state index contributed by atoms with van der Waals surface area (Å²) >= 11 is 0. The van der Waals surface area contributed by atoms with Crippen molar-refractivity contribution in [1.29, 1.82) is 21.0 Å². The first-order valence-corrected chi connectivity index (χ1v) is 10.3. The number of hydrogen-bond acceptors (Lipinski definition) is 6. The van der Waals surface area contributed by atoms with Gasteiger partial charge in [0.05, 0.1) is 11.4 Å². The molecule has 0 N–H and O–H groups in total. The van der Waals surface area contributed by atoms with E-state index < -0.39 is 0 Å². The Morgan fingerprint density at radius 1 is 0.657 bits per heavy atom. The van der Waals surface area contributed by atoms with Crippen LogP contribution in [0.4, 0.5) is 0 Å². The van der Waals surface area contributed by atoms with Crippen LogP contribution in [-0.2, 0) is 0 Å². The van der Waals surface area contributed by atoms with Crippen LogP contribution in [0.1, 0.15) is 11.5 Å². The summed E-state index contributed by atoms with van der Waals surface area (Å²) < 4.78 is 13.9. The summed E-state index contributed by atoms with van der Waals surface area (Å²) in [5.41, 5.74) is 2.37. The average Bonchev–Trinajstić information content (AvgIpc) is 3.65. The Kier molecular flexibility index (Phi) is 6.56. The van der Waals surface area contributed by atoms with E-state index in [-0.39, 0.29) is 11.1 Å². The molecule has 7 heteroatoms. The molecule has 0 saturated carbocycles. The lowest BCUT2D eigenvalue weighted by Gasteiger charge is -2.11. The fourth-order valence-corrected chi connectivity index (χ4v) is 3.40. The van der Waals surface area contributed by atoms with E-state index in [9.17, 15) is 0 Å². The van der Waals surface area contributed by atoms with Gasteiger partial charge in [0.25, 0.3) is 0 Å². The topological polar surface area (TPSA) is 126 Å². The summed E-state index contributed by atoms with van der Waals surface area (Å²) in [6, 6.07) is 27.9. The van der Waals surface area contributed by atoms with E-state index >= 15 is 0 Å². The molecule has 0 saturated heterocycles. The number of hydrogen-bond donors (Lipinski definition) is 0. The number of rotatable bonds is 6. The third kappa shape index (κ3) is 4.86. The van der Waals surface area contributed by atoms with Crippen molar-refractivity contribution in [3.8, 4) is 52.9 Å². The van der Waals surface area contributed by atoms with Crippen molar-refractivity contribution in [2.75, 3.05) is 0 Å². The number of para-hydroxylation sites is 1. The van der Waals surface area contributed by atoms with Gasteiger partial charge >= 0.3 is 0 Å². The molecule has 0 spiro atoms. The predicted molar refractivity (Wildman–Crippen MR) is 129 cm³/mol. The Morgan fingerprint density at radius 3 is 1.83 bits per heavy atom. The van der Waals surface area contributed by atoms with Crippen molar-refractivity contribution in [2.45, 2.75) is 0 Å². The molecule has 3 heterocycles. The van der Waals surface area contributed by atoms with Gasteiger partial charge in [0.1, 0.15) is 46.9 Å². The van der Waals surface area contributed by atoms with Crippen molar-refractivity contribution < 1.29 is 8.83 Å². The van der Waals surface area contributed by atoms with Crippen LogP contribution in [0.5, 0.6) is 0 Å². The molecule has 0 aliphatic heterocycles. The highest BCUT2D eigenvalue weighted by atomic mass is 16.3. The van der Waals surface area contributed by atoms with Gasteiger partial charge in [0, 0.05) is 11.8 Å². The smallest absolute Gasteiger partial charge is 0.151 e. The van der Waals surface area contributed by atoms with E-state index in [1.165, 1.54) is 12.2 Å². The van der Waals surface area contributed by atoms with E-state index in [0.29, 0.717) is 23.0 Å². The molecule has 7 nitrogen and oxygen atoms in total. The summed E-state index contributed by atoms with van der Waals surface area (Å²) in [4.78, 5) is 0. The van der Waals surface area contributed by atoms with Crippen LogP contribution in [0, 0.1) is 45.3 Å².